The van der Waals surface area contributed by atoms with Gasteiger partial charge in [-0.25, -0.2) is 0 Å². The molecule has 5 heteroatoms. The molecule has 1 saturated heterocycles. The predicted molar refractivity (Wildman–Crippen MR) is 107 cm³/mol. The number of hydrogen-bond acceptors (Lipinski definition) is 4. The quantitative estimate of drug-likeness (QED) is 0.498. The molecule has 0 aliphatic carbocycles. The first kappa shape index (κ1) is 23.1. The van der Waals surface area contributed by atoms with Crippen LogP contribution in [0.4, 0.5) is 0 Å². The number of ether oxygens (including phenoxy) is 3. The molecule has 0 aromatic heterocycles. The summed E-state index contributed by atoms with van der Waals surface area (Å²) in [4.78, 5) is 0. The van der Waals surface area contributed by atoms with Crippen LogP contribution in [0.25, 0.3) is 0 Å². The summed E-state index contributed by atoms with van der Waals surface area (Å²) in [6.07, 6.45) is 1.94. The Balaban J connectivity index is 3.19. The van der Waals surface area contributed by atoms with Crippen LogP contribution in [-0.2, 0) is 18.6 Å². The Morgan fingerprint density at radius 1 is 1.04 bits per heavy atom. The Morgan fingerprint density at radius 2 is 1.56 bits per heavy atom. The maximum atomic E-state index is 7.11. The average Bonchev–Trinajstić information content (AvgIpc) is 2.49. The van der Waals surface area contributed by atoms with Crippen molar-refractivity contribution in [1.82, 2.24) is 0 Å². The second-order valence-corrected chi connectivity index (χ2v) is 14.2. The monoisotopic (exact) mass is 374 g/mol. The summed E-state index contributed by atoms with van der Waals surface area (Å²) in [5, 5.41) is 0. The van der Waals surface area contributed by atoms with Crippen LogP contribution in [-0.4, -0.2) is 46.1 Å². The van der Waals surface area contributed by atoms with E-state index in [2.05, 4.69) is 48.5 Å². The molecule has 0 aromatic carbocycles. The number of hydrogen-bond donors (Lipinski definition) is 0. The van der Waals surface area contributed by atoms with E-state index in [1.807, 2.05) is 13.8 Å². The van der Waals surface area contributed by atoms with Gasteiger partial charge in [-0.2, -0.15) is 0 Å². The molecule has 1 aliphatic heterocycles. The molecule has 0 amide bonds. The third-order valence-corrected chi connectivity index (χ3v) is 11.8. The fourth-order valence-electron chi connectivity index (χ4n) is 4.58. The van der Waals surface area contributed by atoms with E-state index in [9.17, 15) is 0 Å². The first-order chi connectivity index (χ1) is 11.5. The molecule has 25 heavy (non-hydrogen) atoms. The van der Waals surface area contributed by atoms with Crippen LogP contribution in [0.5, 0.6) is 0 Å². The highest BCUT2D eigenvalue weighted by molar-refractivity contribution is 6.77. The minimum Gasteiger partial charge on any atom is -0.410 e. The van der Waals surface area contributed by atoms with Crippen LogP contribution >= 0.6 is 0 Å². The van der Waals surface area contributed by atoms with E-state index in [4.69, 9.17) is 18.6 Å². The van der Waals surface area contributed by atoms with Crippen molar-refractivity contribution in [2.75, 3.05) is 13.7 Å². The first-order valence-electron chi connectivity index (χ1n) is 10.0. The maximum absolute atomic E-state index is 7.11. The SMILES string of the molecule is CCC[C@@H](O[Si](C(C)C)(C(C)C)C(C)C)[C@@H]1OC(C)(C)OCC1OC. The van der Waals surface area contributed by atoms with Gasteiger partial charge in [0.05, 0.1) is 12.7 Å². The third kappa shape index (κ3) is 5.29. The van der Waals surface area contributed by atoms with E-state index in [1.54, 1.807) is 7.11 Å². The van der Waals surface area contributed by atoms with Crippen molar-refractivity contribution in [3.05, 3.63) is 0 Å². The molecule has 150 valence electrons. The van der Waals surface area contributed by atoms with Gasteiger partial charge in [-0.3, -0.25) is 0 Å². The average molecular weight is 375 g/mol. The van der Waals surface area contributed by atoms with Crippen molar-refractivity contribution in [3.63, 3.8) is 0 Å². The first-order valence-corrected chi connectivity index (χ1v) is 12.2. The van der Waals surface area contributed by atoms with Gasteiger partial charge in [0, 0.05) is 7.11 Å². The van der Waals surface area contributed by atoms with E-state index >= 15 is 0 Å². The summed E-state index contributed by atoms with van der Waals surface area (Å²) < 4.78 is 24.9. The van der Waals surface area contributed by atoms with Crippen molar-refractivity contribution in [2.45, 2.75) is 116 Å². The van der Waals surface area contributed by atoms with Gasteiger partial charge < -0.3 is 18.6 Å². The highest BCUT2D eigenvalue weighted by Gasteiger charge is 2.50. The second-order valence-electron chi connectivity index (χ2n) is 8.83. The molecule has 0 saturated carbocycles. The minimum absolute atomic E-state index is 0.0528. The van der Waals surface area contributed by atoms with Crippen LogP contribution in [0.2, 0.25) is 16.6 Å². The molecule has 0 radical (unpaired) electrons. The Hall–Kier alpha value is 0.0569. The normalized spacial score (nSPS) is 25.8. The van der Waals surface area contributed by atoms with Crippen molar-refractivity contribution in [2.24, 2.45) is 0 Å². The Bertz CT molecular complexity index is 373. The lowest BCUT2D eigenvalue weighted by Gasteiger charge is -2.49. The van der Waals surface area contributed by atoms with Gasteiger partial charge in [-0.15, -0.1) is 0 Å². The lowest BCUT2D eigenvalue weighted by molar-refractivity contribution is -0.320. The lowest BCUT2D eigenvalue weighted by atomic mass is 10.0. The molecule has 1 heterocycles. The standard InChI is InChI=1S/C20H42O4Si/c1-11-12-17(19-18(21-10)13-22-20(8,9)23-19)24-25(14(2)3,15(4)5)16(6)7/h14-19H,11-13H2,1-10H3/t17-,18?,19+/m1/s1. The Labute approximate surface area is 157 Å². The summed E-state index contributed by atoms with van der Waals surface area (Å²) in [7, 11) is -0.237. The zero-order valence-electron chi connectivity index (χ0n) is 18.2. The molecule has 0 spiro atoms. The smallest absolute Gasteiger partial charge is 0.200 e. The fraction of sp³-hybridized carbons (Fsp3) is 1.00. The second kappa shape index (κ2) is 9.31. The van der Waals surface area contributed by atoms with E-state index in [1.165, 1.54) is 0 Å². The lowest BCUT2D eigenvalue weighted by Crippen LogP contribution is -2.59. The topological polar surface area (TPSA) is 36.9 Å². The van der Waals surface area contributed by atoms with Crippen LogP contribution in [0, 0.1) is 0 Å². The molecule has 0 aromatic rings. The third-order valence-electron chi connectivity index (χ3n) is 5.69. The molecule has 4 nitrogen and oxygen atoms in total. The molecule has 1 aliphatic rings. The highest BCUT2D eigenvalue weighted by atomic mass is 28.4. The molecule has 1 fully saturated rings. The molecule has 0 N–H and O–H groups in total. The zero-order valence-corrected chi connectivity index (χ0v) is 19.2. The summed E-state index contributed by atoms with van der Waals surface area (Å²) in [5.74, 6) is -0.591. The molecule has 1 unspecified atom stereocenters. The van der Waals surface area contributed by atoms with Crippen molar-refractivity contribution in [3.8, 4) is 0 Å². The summed E-state index contributed by atoms with van der Waals surface area (Å²) >= 11 is 0. The van der Waals surface area contributed by atoms with Gasteiger partial charge in [0.25, 0.3) is 0 Å². The Morgan fingerprint density at radius 3 is 1.96 bits per heavy atom. The van der Waals surface area contributed by atoms with Crippen molar-refractivity contribution >= 4 is 8.32 Å². The van der Waals surface area contributed by atoms with Gasteiger partial charge >= 0.3 is 0 Å². The zero-order chi connectivity index (χ0) is 19.4. The van der Waals surface area contributed by atoms with Crippen molar-refractivity contribution in [1.29, 1.82) is 0 Å². The van der Waals surface area contributed by atoms with Crippen LogP contribution in [0.1, 0.15) is 75.2 Å². The molecular formula is C20H42O4Si. The summed E-state index contributed by atoms with van der Waals surface area (Å²) in [5.41, 5.74) is 1.67. The molecule has 0 bridgehead atoms. The van der Waals surface area contributed by atoms with Crippen LogP contribution < -0.4 is 0 Å². The fourth-order valence-corrected chi connectivity index (χ4v) is 10.2. The van der Waals surface area contributed by atoms with Gasteiger partial charge in [-0.05, 0) is 36.9 Å². The predicted octanol–water partition coefficient (Wildman–Crippen LogP) is 5.51. The van der Waals surface area contributed by atoms with E-state index < -0.39 is 14.1 Å². The van der Waals surface area contributed by atoms with Gasteiger partial charge in [0.15, 0.2) is 5.79 Å². The van der Waals surface area contributed by atoms with Crippen molar-refractivity contribution < 1.29 is 18.6 Å². The minimum atomic E-state index is -1.98. The summed E-state index contributed by atoms with van der Waals surface area (Å²) in [6.45, 7) is 20.7. The summed E-state index contributed by atoms with van der Waals surface area (Å²) in [6, 6.07) is 0. The number of methoxy groups -OCH3 is 1. The van der Waals surface area contributed by atoms with Crippen LogP contribution in [0.3, 0.4) is 0 Å². The van der Waals surface area contributed by atoms with E-state index in [0.29, 0.717) is 23.2 Å². The van der Waals surface area contributed by atoms with Crippen LogP contribution in [0.15, 0.2) is 0 Å². The largest absolute Gasteiger partial charge is 0.410 e. The van der Waals surface area contributed by atoms with E-state index in [-0.39, 0.29) is 18.3 Å². The maximum Gasteiger partial charge on any atom is 0.200 e. The molecule has 3 atom stereocenters. The molecule has 1 rings (SSSR count). The van der Waals surface area contributed by atoms with Gasteiger partial charge in [-0.1, -0.05) is 54.9 Å². The van der Waals surface area contributed by atoms with Gasteiger partial charge in [0.2, 0.25) is 8.32 Å². The Kier molecular flexibility index (Phi) is 8.60. The van der Waals surface area contributed by atoms with E-state index in [0.717, 1.165) is 12.8 Å². The van der Waals surface area contributed by atoms with Gasteiger partial charge in [0.1, 0.15) is 12.2 Å². The number of rotatable bonds is 9. The highest BCUT2D eigenvalue weighted by Crippen LogP contribution is 2.44. The molecular weight excluding hydrogens is 332 g/mol.